The van der Waals surface area contributed by atoms with Crippen molar-refractivity contribution in [2.45, 2.75) is 13.8 Å². The summed E-state index contributed by atoms with van der Waals surface area (Å²) in [6.07, 6.45) is 0. The molecular formula is C17H13N3OS. The van der Waals surface area contributed by atoms with Gasteiger partial charge in [0, 0.05) is 11.1 Å². The van der Waals surface area contributed by atoms with Crippen molar-refractivity contribution in [3.05, 3.63) is 53.0 Å². The van der Waals surface area contributed by atoms with E-state index in [-0.39, 0.29) is 0 Å². The highest BCUT2D eigenvalue weighted by molar-refractivity contribution is 7.13. The number of aromatic nitrogens is 3. The smallest absolute Gasteiger partial charge is 0.260 e. The summed E-state index contributed by atoms with van der Waals surface area (Å²) in [5.41, 5.74) is 3.93. The highest BCUT2D eigenvalue weighted by atomic mass is 32.1. The summed E-state index contributed by atoms with van der Waals surface area (Å²) in [4.78, 5) is 10.2. The maximum Gasteiger partial charge on any atom is 0.260 e. The molecule has 0 saturated heterocycles. The van der Waals surface area contributed by atoms with Crippen LogP contribution in [0.25, 0.3) is 33.1 Å². The molecule has 3 heterocycles. The summed E-state index contributed by atoms with van der Waals surface area (Å²) >= 11 is 1.62. The van der Waals surface area contributed by atoms with Gasteiger partial charge in [0.25, 0.3) is 5.89 Å². The molecule has 0 unspecified atom stereocenters. The van der Waals surface area contributed by atoms with Gasteiger partial charge >= 0.3 is 0 Å². The Morgan fingerprint density at radius 1 is 1.05 bits per heavy atom. The summed E-state index contributed by atoms with van der Waals surface area (Å²) in [6, 6.07) is 12.1. The van der Waals surface area contributed by atoms with Gasteiger partial charge in [-0.15, -0.1) is 11.3 Å². The van der Waals surface area contributed by atoms with Crippen molar-refractivity contribution in [3.63, 3.8) is 0 Å². The number of aryl methyl sites for hydroxylation is 2. The van der Waals surface area contributed by atoms with Crippen LogP contribution in [-0.4, -0.2) is 15.1 Å². The van der Waals surface area contributed by atoms with Crippen LogP contribution in [0.5, 0.6) is 0 Å². The second kappa shape index (κ2) is 5.03. The third-order valence-electron chi connectivity index (χ3n) is 3.47. The van der Waals surface area contributed by atoms with Crippen LogP contribution in [0.2, 0.25) is 0 Å². The van der Waals surface area contributed by atoms with Crippen molar-refractivity contribution in [2.24, 2.45) is 0 Å². The molecule has 108 valence electrons. The molecule has 0 atom stereocenters. The van der Waals surface area contributed by atoms with Crippen molar-refractivity contribution >= 4 is 22.2 Å². The van der Waals surface area contributed by atoms with Crippen molar-refractivity contribution in [3.8, 4) is 22.2 Å². The number of thiophene rings is 1. The molecule has 22 heavy (non-hydrogen) atoms. The van der Waals surface area contributed by atoms with E-state index >= 15 is 0 Å². The van der Waals surface area contributed by atoms with Gasteiger partial charge in [-0.2, -0.15) is 4.98 Å². The zero-order valence-corrected chi connectivity index (χ0v) is 13.0. The van der Waals surface area contributed by atoms with E-state index in [0.29, 0.717) is 11.7 Å². The van der Waals surface area contributed by atoms with Gasteiger partial charge in [0.2, 0.25) is 5.82 Å². The van der Waals surface area contributed by atoms with Crippen molar-refractivity contribution in [2.75, 3.05) is 0 Å². The molecule has 0 aliphatic carbocycles. The molecule has 0 radical (unpaired) electrons. The van der Waals surface area contributed by atoms with Crippen molar-refractivity contribution < 1.29 is 4.52 Å². The lowest BCUT2D eigenvalue weighted by atomic mass is 10.1. The van der Waals surface area contributed by atoms with Crippen LogP contribution >= 0.6 is 11.3 Å². The van der Waals surface area contributed by atoms with Gasteiger partial charge in [-0.1, -0.05) is 23.4 Å². The van der Waals surface area contributed by atoms with Gasteiger partial charge in [0.15, 0.2) is 0 Å². The second-order valence-electron chi connectivity index (χ2n) is 5.24. The first kappa shape index (κ1) is 13.2. The molecule has 0 aliphatic heterocycles. The lowest BCUT2D eigenvalue weighted by Crippen LogP contribution is -1.87. The Morgan fingerprint density at radius 2 is 1.95 bits per heavy atom. The quantitative estimate of drug-likeness (QED) is 0.542. The molecule has 0 spiro atoms. The zero-order chi connectivity index (χ0) is 15.1. The first-order valence-corrected chi connectivity index (χ1v) is 7.84. The van der Waals surface area contributed by atoms with Gasteiger partial charge in [-0.25, -0.2) is 0 Å². The number of fused-ring (bicyclic) bond motifs is 1. The topological polar surface area (TPSA) is 51.8 Å². The van der Waals surface area contributed by atoms with Gasteiger partial charge in [-0.05, 0) is 43.0 Å². The van der Waals surface area contributed by atoms with Crippen LogP contribution in [0.15, 0.2) is 46.3 Å². The Labute approximate surface area is 131 Å². The van der Waals surface area contributed by atoms with Crippen LogP contribution < -0.4 is 0 Å². The minimum absolute atomic E-state index is 0.504. The molecule has 3 aromatic heterocycles. The largest absolute Gasteiger partial charge is 0.334 e. The number of hydrogen-bond acceptors (Lipinski definition) is 5. The normalized spacial score (nSPS) is 11.2. The van der Waals surface area contributed by atoms with E-state index in [4.69, 9.17) is 4.52 Å². The first-order valence-electron chi connectivity index (χ1n) is 6.97. The summed E-state index contributed by atoms with van der Waals surface area (Å²) < 4.78 is 5.47. The molecule has 0 aliphatic rings. The molecule has 1 aromatic carbocycles. The van der Waals surface area contributed by atoms with Gasteiger partial charge in [0.05, 0.1) is 16.0 Å². The monoisotopic (exact) mass is 307 g/mol. The maximum absolute atomic E-state index is 5.47. The molecule has 4 aromatic rings. The summed E-state index contributed by atoms with van der Waals surface area (Å²) in [5, 5.41) is 7.24. The minimum atomic E-state index is 0.504. The number of hydrogen-bond donors (Lipinski definition) is 0. The average Bonchev–Trinajstić information content (AvgIpc) is 3.15. The van der Waals surface area contributed by atoms with Crippen LogP contribution in [0.1, 0.15) is 11.3 Å². The van der Waals surface area contributed by atoms with Gasteiger partial charge in [0.1, 0.15) is 0 Å². The first-order chi connectivity index (χ1) is 10.7. The van der Waals surface area contributed by atoms with Gasteiger partial charge < -0.3 is 4.52 Å². The molecule has 0 saturated carbocycles. The third kappa shape index (κ3) is 2.19. The molecule has 4 rings (SSSR count). The third-order valence-corrected chi connectivity index (χ3v) is 4.51. The molecule has 0 N–H and O–H groups in total. The molecule has 0 bridgehead atoms. The Hall–Kier alpha value is -2.53. The predicted molar refractivity (Wildman–Crippen MR) is 87.8 cm³/mol. The maximum atomic E-state index is 5.47. The Bertz CT molecular complexity index is 971. The molecule has 5 heteroatoms. The Morgan fingerprint density at radius 3 is 2.77 bits per heavy atom. The van der Waals surface area contributed by atoms with Gasteiger partial charge in [-0.3, -0.25) is 4.98 Å². The number of benzene rings is 1. The zero-order valence-electron chi connectivity index (χ0n) is 12.2. The second-order valence-corrected chi connectivity index (χ2v) is 6.15. The highest BCUT2D eigenvalue weighted by Gasteiger charge is 2.15. The highest BCUT2D eigenvalue weighted by Crippen LogP contribution is 2.30. The fourth-order valence-electron chi connectivity index (χ4n) is 2.40. The minimum Gasteiger partial charge on any atom is -0.334 e. The molecule has 0 amide bonds. The average molecular weight is 307 g/mol. The lowest BCUT2D eigenvalue weighted by Gasteiger charge is -2.02. The fraction of sp³-hybridized carbons (Fsp3) is 0.118. The SMILES string of the molecule is Cc1csc(-c2noc(-c3cccc4ccc(C)nc34)n2)c1. The molecular weight excluding hydrogens is 294 g/mol. The summed E-state index contributed by atoms with van der Waals surface area (Å²) in [7, 11) is 0. The predicted octanol–water partition coefficient (Wildman–Crippen LogP) is 4.63. The lowest BCUT2D eigenvalue weighted by molar-refractivity contribution is 0.433. The van der Waals surface area contributed by atoms with E-state index in [0.717, 1.165) is 27.0 Å². The summed E-state index contributed by atoms with van der Waals surface area (Å²) in [6.45, 7) is 4.03. The number of nitrogens with zero attached hydrogens (tertiary/aromatic N) is 3. The molecule has 4 nitrogen and oxygen atoms in total. The van der Waals surface area contributed by atoms with E-state index in [1.54, 1.807) is 11.3 Å². The number of para-hydroxylation sites is 1. The van der Waals surface area contributed by atoms with E-state index in [1.165, 1.54) is 5.56 Å². The summed E-state index contributed by atoms with van der Waals surface area (Å²) in [5.74, 6) is 1.13. The fourth-order valence-corrected chi connectivity index (χ4v) is 3.22. The standard InChI is InChI=1S/C17H13N3OS/c1-10-8-14(22-9-10)16-19-17(21-20-16)13-5-3-4-12-7-6-11(2)18-15(12)13/h3-9H,1-2H3. The van der Waals surface area contributed by atoms with Crippen molar-refractivity contribution in [1.29, 1.82) is 0 Å². The number of pyridine rings is 1. The van der Waals surface area contributed by atoms with Crippen LogP contribution in [-0.2, 0) is 0 Å². The van der Waals surface area contributed by atoms with Crippen LogP contribution in [0.4, 0.5) is 0 Å². The van der Waals surface area contributed by atoms with E-state index in [1.807, 2.05) is 31.2 Å². The van der Waals surface area contributed by atoms with Crippen LogP contribution in [0, 0.1) is 13.8 Å². The Kier molecular flexibility index (Phi) is 3.01. The Balaban J connectivity index is 1.86. The molecule has 0 fully saturated rings. The van der Waals surface area contributed by atoms with Crippen molar-refractivity contribution in [1.82, 2.24) is 15.1 Å². The van der Waals surface area contributed by atoms with E-state index < -0.39 is 0 Å². The van der Waals surface area contributed by atoms with Crippen LogP contribution in [0.3, 0.4) is 0 Å². The van der Waals surface area contributed by atoms with E-state index in [9.17, 15) is 0 Å². The number of rotatable bonds is 2. The van der Waals surface area contributed by atoms with E-state index in [2.05, 4.69) is 39.6 Å².